The number of hydrogen-bond donors (Lipinski definition) is 1. The average Bonchev–Trinajstić information content (AvgIpc) is 2.39. The van der Waals surface area contributed by atoms with Crippen LogP contribution in [0.5, 0.6) is 0 Å². The van der Waals surface area contributed by atoms with Crippen molar-refractivity contribution in [2.75, 3.05) is 31.6 Å². The highest BCUT2D eigenvalue weighted by Gasteiger charge is 2.12. The van der Waals surface area contributed by atoms with E-state index >= 15 is 0 Å². The van der Waals surface area contributed by atoms with E-state index in [1.807, 2.05) is 27.0 Å². The molecule has 120 valence electrons. The zero-order valence-electron chi connectivity index (χ0n) is 13.9. The Bertz CT molecular complexity index is 421. The van der Waals surface area contributed by atoms with Gasteiger partial charge in [0.05, 0.1) is 12.7 Å². The van der Waals surface area contributed by atoms with Crippen molar-refractivity contribution in [3.63, 3.8) is 0 Å². The fourth-order valence-electron chi connectivity index (χ4n) is 2.11. The summed E-state index contributed by atoms with van der Waals surface area (Å²) in [6, 6.07) is 5.25. The summed E-state index contributed by atoms with van der Waals surface area (Å²) < 4.78 is 19.7. The Balaban J connectivity index is 2.69. The normalized spacial score (nSPS) is 11.4. The van der Waals surface area contributed by atoms with Crippen molar-refractivity contribution >= 4 is 5.69 Å². The second-order valence-corrected chi connectivity index (χ2v) is 6.10. The number of halogens is 1. The van der Waals surface area contributed by atoms with Gasteiger partial charge in [-0.25, -0.2) is 4.39 Å². The van der Waals surface area contributed by atoms with Crippen molar-refractivity contribution in [3.05, 3.63) is 29.6 Å². The molecule has 0 unspecified atom stereocenters. The van der Waals surface area contributed by atoms with Crippen LogP contribution in [0.15, 0.2) is 18.2 Å². The third-order valence-corrected chi connectivity index (χ3v) is 3.24. The highest BCUT2D eigenvalue weighted by Crippen LogP contribution is 2.22. The minimum Gasteiger partial charge on any atom is -0.377 e. The first-order valence-electron chi connectivity index (χ1n) is 7.72. The number of rotatable bonds is 9. The van der Waals surface area contributed by atoms with E-state index in [0.717, 1.165) is 24.3 Å². The Morgan fingerprint density at radius 3 is 2.57 bits per heavy atom. The molecular formula is C17H29FN2O. The lowest BCUT2D eigenvalue weighted by Crippen LogP contribution is -2.27. The summed E-state index contributed by atoms with van der Waals surface area (Å²) in [6.45, 7) is 11.1. The van der Waals surface area contributed by atoms with Gasteiger partial charge in [0.1, 0.15) is 5.82 Å². The van der Waals surface area contributed by atoms with Gasteiger partial charge < -0.3 is 15.0 Å². The summed E-state index contributed by atoms with van der Waals surface area (Å²) in [5, 5.41) is 3.31. The van der Waals surface area contributed by atoms with E-state index in [1.54, 1.807) is 6.07 Å². The molecule has 1 rings (SSSR count). The van der Waals surface area contributed by atoms with E-state index in [1.165, 1.54) is 6.07 Å². The van der Waals surface area contributed by atoms with E-state index < -0.39 is 0 Å². The number of anilines is 1. The molecule has 0 fully saturated rings. The summed E-state index contributed by atoms with van der Waals surface area (Å²) in [7, 11) is 1.98. The van der Waals surface area contributed by atoms with Crippen LogP contribution in [-0.4, -0.2) is 32.8 Å². The molecule has 1 aromatic carbocycles. The molecule has 0 heterocycles. The van der Waals surface area contributed by atoms with Crippen LogP contribution in [0.3, 0.4) is 0 Å². The molecule has 1 N–H and O–H groups in total. The largest absolute Gasteiger partial charge is 0.377 e. The van der Waals surface area contributed by atoms with E-state index in [0.29, 0.717) is 19.1 Å². The third kappa shape index (κ3) is 6.44. The maximum absolute atomic E-state index is 14.1. The lowest BCUT2D eigenvalue weighted by atomic mass is 10.1. The van der Waals surface area contributed by atoms with Crippen molar-refractivity contribution in [2.24, 2.45) is 5.92 Å². The number of benzene rings is 1. The number of nitrogens with one attached hydrogen (secondary N) is 1. The van der Waals surface area contributed by atoms with E-state index in [9.17, 15) is 4.39 Å². The topological polar surface area (TPSA) is 24.5 Å². The Morgan fingerprint density at radius 1 is 1.24 bits per heavy atom. The highest BCUT2D eigenvalue weighted by molar-refractivity contribution is 5.53. The van der Waals surface area contributed by atoms with Crippen molar-refractivity contribution in [3.8, 4) is 0 Å². The molecule has 0 bridgehead atoms. The minimum atomic E-state index is -0.152. The van der Waals surface area contributed by atoms with Crippen molar-refractivity contribution in [1.82, 2.24) is 5.32 Å². The van der Waals surface area contributed by atoms with Gasteiger partial charge in [0, 0.05) is 31.4 Å². The van der Waals surface area contributed by atoms with Gasteiger partial charge in [-0.3, -0.25) is 0 Å². The smallest absolute Gasteiger partial charge is 0.129 e. The predicted octanol–water partition coefficient (Wildman–Crippen LogP) is 3.43. The Labute approximate surface area is 128 Å². The molecule has 4 heteroatoms. The van der Waals surface area contributed by atoms with Crippen LogP contribution < -0.4 is 10.2 Å². The quantitative estimate of drug-likeness (QED) is 0.755. The van der Waals surface area contributed by atoms with Gasteiger partial charge in [0.2, 0.25) is 0 Å². The van der Waals surface area contributed by atoms with Crippen LogP contribution in [0.4, 0.5) is 10.1 Å². The summed E-state index contributed by atoms with van der Waals surface area (Å²) in [4.78, 5) is 2.05. The van der Waals surface area contributed by atoms with E-state index in [4.69, 9.17) is 4.74 Å². The molecule has 0 amide bonds. The molecule has 0 spiro atoms. The zero-order chi connectivity index (χ0) is 15.8. The van der Waals surface area contributed by atoms with Gasteiger partial charge in [-0.2, -0.15) is 0 Å². The third-order valence-electron chi connectivity index (χ3n) is 3.24. The number of ether oxygens (including phenoxy) is 1. The summed E-state index contributed by atoms with van der Waals surface area (Å²) >= 11 is 0. The van der Waals surface area contributed by atoms with Gasteiger partial charge in [0.25, 0.3) is 0 Å². The maximum Gasteiger partial charge on any atom is 0.129 e. The molecule has 1 aromatic rings. The van der Waals surface area contributed by atoms with Crippen LogP contribution >= 0.6 is 0 Å². The van der Waals surface area contributed by atoms with Crippen LogP contribution in [0.25, 0.3) is 0 Å². The number of likely N-dealkylation sites (N-methyl/N-ethyl adjacent to an activating group) is 1. The second kappa shape index (κ2) is 9.00. The molecule has 0 aliphatic carbocycles. The first-order chi connectivity index (χ1) is 9.91. The summed E-state index contributed by atoms with van der Waals surface area (Å²) in [6.07, 6.45) is 0.220. The maximum atomic E-state index is 14.1. The van der Waals surface area contributed by atoms with Gasteiger partial charge in [-0.1, -0.05) is 19.9 Å². The highest BCUT2D eigenvalue weighted by atomic mass is 19.1. The number of nitrogens with zero attached hydrogens (tertiary/aromatic N) is 1. The Morgan fingerprint density at radius 2 is 1.95 bits per heavy atom. The molecule has 0 aromatic heterocycles. The predicted molar refractivity (Wildman–Crippen MR) is 87.3 cm³/mol. The standard InChI is InChI=1S/C17H29FN2O/c1-13(2)11-19-12-15-16(18)7-6-8-17(15)20(5)9-10-21-14(3)4/h6-8,13-14,19H,9-12H2,1-5H3. The van der Waals surface area contributed by atoms with Gasteiger partial charge in [0.15, 0.2) is 0 Å². The van der Waals surface area contributed by atoms with Crippen molar-refractivity contribution in [1.29, 1.82) is 0 Å². The zero-order valence-corrected chi connectivity index (χ0v) is 13.9. The molecular weight excluding hydrogens is 267 g/mol. The van der Waals surface area contributed by atoms with Crippen LogP contribution in [-0.2, 0) is 11.3 Å². The molecule has 21 heavy (non-hydrogen) atoms. The molecule has 0 saturated carbocycles. The molecule has 0 aliphatic rings. The van der Waals surface area contributed by atoms with Crippen molar-refractivity contribution < 1.29 is 9.13 Å². The van der Waals surface area contributed by atoms with E-state index in [2.05, 4.69) is 24.1 Å². The first-order valence-corrected chi connectivity index (χ1v) is 7.72. The summed E-state index contributed by atoms with van der Waals surface area (Å²) in [5.41, 5.74) is 1.66. The van der Waals surface area contributed by atoms with Gasteiger partial charge in [-0.05, 0) is 38.4 Å². The first kappa shape index (κ1) is 17.9. The lowest BCUT2D eigenvalue weighted by molar-refractivity contribution is 0.0846. The van der Waals surface area contributed by atoms with Crippen molar-refractivity contribution in [2.45, 2.75) is 40.3 Å². The molecule has 0 aliphatic heterocycles. The SMILES string of the molecule is CC(C)CNCc1c(F)cccc1N(C)CCOC(C)C. The number of hydrogen-bond acceptors (Lipinski definition) is 3. The van der Waals surface area contributed by atoms with Crippen LogP contribution in [0, 0.1) is 11.7 Å². The molecule has 3 nitrogen and oxygen atoms in total. The van der Waals surface area contributed by atoms with Crippen LogP contribution in [0.1, 0.15) is 33.3 Å². The minimum absolute atomic E-state index is 0.152. The lowest BCUT2D eigenvalue weighted by Gasteiger charge is -2.23. The Kier molecular flexibility index (Phi) is 7.68. The molecule has 0 radical (unpaired) electrons. The monoisotopic (exact) mass is 296 g/mol. The fraction of sp³-hybridized carbons (Fsp3) is 0.647. The van der Waals surface area contributed by atoms with Gasteiger partial charge >= 0.3 is 0 Å². The summed E-state index contributed by atoms with van der Waals surface area (Å²) in [5.74, 6) is 0.401. The van der Waals surface area contributed by atoms with E-state index in [-0.39, 0.29) is 11.9 Å². The average molecular weight is 296 g/mol. The molecule has 0 atom stereocenters. The van der Waals surface area contributed by atoms with Crippen LogP contribution in [0.2, 0.25) is 0 Å². The van der Waals surface area contributed by atoms with Gasteiger partial charge in [-0.15, -0.1) is 0 Å². The molecule has 0 saturated heterocycles. The fourth-order valence-corrected chi connectivity index (χ4v) is 2.11. The second-order valence-electron chi connectivity index (χ2n) is 6.10. The Hall–Kier alpha value is -1.13.